The summed E-state index contributed by atoms with van der Waals surface area (Å²) in [6.07, 6.45) is 2.22. The lowest BCUT2D eigenvalue weighted by Gasteiger charge is -2.25. The van der Waals surface area contributed by atoms with Gasteiger partial charge in [-0.05, 0) is 41.7 Å². The predicted molar refractivity (Wildman–Crippen MR) is 130 cm³/mol. The van der Waals surface area contributed by atoms with E-state index < -0.39 is 18.2 Å². The third-order valence-electron chi connectivity index (χ3n) is 6.44. The van der Waals surface area contributed by atoms with Crippen molar-refractivity contribution in [2.24, 2.45) is 11.8 Å². The van der Waals surface area contributed by atoms with Crippen LogP contribution >= 0.6 is 0 Å². The van der Waals surface area contributed by atoms with Crippen molar-refractivity contribution in [3.05, 3.63) is 78.4 Å². The summed E-state index contributed by atoms with van der Waals surface area (Å²) in [4.78, 5) is 35.8. The second-order valence-electron chi connectivity index (χ2n) is 9.07. The average Bonchev–Trinajstić information content (AvgIpc) is 3.38. The molecule has 0 bridgehead atoms. The van der Waals surface area contributed by atoms with Crippen LogP contribution in [-0.4, -0.2) is 40.1 Å². The quantitative estimate of drug-likeness (QED) is 0.472. The molecule has 1 aromatic heterocycles. The van der Waals surface area contributed by atoms with Crippen molar-refractivity contribution in [3.8, 4) is 16.9 Å². The molecule has 1 fully saturated rings. The highest BCUT2D eigenvalue weighted by molar-refractivity contribution is 5.88. The molecule has 1 N–H and O–H groups in total. The van der Waals surface area contributed by atoms with Gasteiger partial charge in [-0.3, -0.25) is 9.59 Å². The SMILES string of the molecule is CN(Cc1ccc(-c2cncnc2)cc1)C(=O)[C@@H]1CCC[C@H]1C(=O)NCc1ccc(OC(F)(F)F)cc1. The molecule has 0 radical (unpaired) electrons. The number of ether oxygens (including phenoxy) is 1. The van der Waals surface area contributed by atoms with Crippen molar-refractivity contribution >= 4 is 11.8 Å². The van der Waals surface area contributed by atoms with E-state index in [1.54, 1.807) is 24.3 Å². The van der Waals surface area contributed by atoms with Crippen LogP contribution in [0.1, 0.15) is 30.4 Å². The molecule has 1 heterocycles. The van der Waals surface area contributed by atoms with Crippen molar-refractivity contribution in [2.45, 2.75) is 38.7 Å². The molecule has 0 unspecified atom stereocenters. The smallest absolute Gasteiger partial charge is 0.406 e. The minimum Gasteiger partial charge on any atom is -0.406 e. The lowest BCUT2D eigenvalue weighted by atomic mass is 9.93. The van der Waals surface area contributed by atoms with Crippen molar-refractivity contribution in [3.63, 3.8) is 0 Å². The molecule has 0 aliphatic heterocycles. The van der Waals surface area contributed by atoms with E-state index in [-0.39, 0.29) is 24.1 Å². The number of nitrogens with one attached hydrogen (secondary N) is 1. The van der Waals surface area contributed by atoms with Crippen molar-refractivity contribution < 1.29 is 27.5 Å². The third kappa shape index (κ3) is 7.05. The first-order valence-electron chi connectivity index (χ1n) is 11.9. The largest absolute Gasteiger partial charge is 0.573 e. The Morgan fingerprint density at radius 2 is 1.57 bits per heavy atom. The van der Waals surface area contributed by atoms with Gasteiger partial charge in [0.15, 0.2) is 0 Å². The number of hydrogen-bond acceptors (Lipinski definition) is 5. The van der Waals surface area contributed by atoms with Crippen LogP contribution in [0.15, 0.2) is 67.3 Å². The van der Waals surface area contributed by atoms with Gasteiger partial charge in [0.2, 0.25) is 11.8 Å². The summed E-state index contributed by atoms with van der Waals surface area (Å²) in [5.41, 5.74) is 3.48. The van der Waals surface area contributed by atoms with E-state index in [2.05, 4.69) is 20.0 Å². The fourth-order valence-electron chi connectivity index (χ4n) is 4.58. The number of halogens is 3. The molecule has 0 spiro atoms. The Balaban J connectivity index is 1.30. The summed E-state index contributed by atoms with van der Waals surface area (Å²) in [7, 11) is 1.74. The van der Waals surface area contributed by atoms with Gasteiger partial charge in [-0.25, -0.2) is 9.97 Å². The maximum absolute atomic E-state index is 13.2. The zero-order valence-corrected chi connectivity index (χ0v) is 20.2. The molecule has 2 aromatic carbocycles. The Kier molecular flexibility index (Phi) is 8.05. The average molecular weight is 513 g/mol. The summed E-state index contributed by atoms with van der Waals surface area (Å²) in [6, 6.07) is 13.1. The van der Waals surface area contributed by atoms with Crippen LogP contribution in [0.3, 0.4) is 0 Å². The van der Waals surface area contributed by atoms with E-state index >= 15 is 0 Å². The first kappa shape index (κ1) is 26.1. The number of hydrogen-bond donors (Lipinski definition) is 1. The monoisotopic (exact) mass is 512 g/mol. The maximum atomic E-state index is 13.2. The van der Waals surface area contributed by atoms with Gasteiger partial charge < -0.3 is 15.0 Å². The Morgan fingerprint density at radius 1 is 0.946 bits per heavy atom. The van der Waals surface area contributed by atoms with Gasteiger partial charge in [-0.2, -0.15) is 0 Å². The summed E-state index contributed by atoms with van der Waals surface area (Å²) >= 11 is 0. The van der Waals surface area contributed by atoms with Gasteiger partial charge in [-0.15, -0.1) is 13.2 Å². The Morgan fingerprint density at radius 3 is 2.22 bits per heavy atom. The number of nitrogens with zero attached hydrogens (tertiary/aromatic N) is 3. The Hall–Kier alpha value is -3.95. The fourth-order valence-corrected chi connectivity index (χ4v) is 4.58. The lowest BCUT2D eigenvalue weighted by Crippen LogP contribution is -2.40. The highest BCUT2D eigenvalue weighted by atomic mass is 19.4. The molecule has 2 amide bonds. The second-order valence-corrected chi connectivity index (χ2v) is 9.07. The summed E-state index contributed by atoms with van der Waals surface area (Å²) in [5.74, 6) is -1.48. The Labute approximate surface area is 212 Å². The number of amides is 2. The number of benzene rings is 2. The van der Waals surface area contributed by atoms with Crippen molar-refractivity contribution in [2.75, 3.05) is 7.05 Å². The van der Waals surface area contributed by atoms with Gasteiger partial charge in [0.25, 0.3) is 0 Å². The molecular weight excluding hydrogens is 485 g/mol. The van der Waals surface area contributed by atoms with Gasteiger partial charge in [0.05, 0.1) is 0 Å². The summed E-state index contributed by atoms with van der Waals surface area (Å²) < 4.78 is 40.8. The van der Waals surface area contributed by atoms with Crippen LogP contribution in [0.4, 0.5) is 13.2 Å². The fraction of sp³-hybridized carbons (Fsp3) is 0.333. The van der Waals surface area contributed by atoms with Gasteiger partial charge >= 0.3 is 6.36 Å². The molecule has 1 aliphatic carbocycles. The molecule has 2 atom stereocenters. The minimum atomic E-state index is -4.76. The van der Waals surface area contributed by atoms with Crippen LogP contribution in [0.2, 0.25) is 0 Å². The number of rotatable bonds is 8. The van der Waals surface area contributed by atoms with E-state index in [1.165, 1.54) is 30.6 Å². The molecule has 1 aliphatic rings. The van der Waals surface area contributed by atoms with E-state index in [4.69, 9.17) is 0 Å². The standard InChI is InChI=1S/C27H27F3N4O3/c1-34(16-19-5-9-20(10-6-19)21-14-31-17-32-15-21)26(36)24-4-2-3-23(24)25(35)33-13-18-7-11-22(12-8-18)37-27(28,29)30/h5-12,14-15,17,23-24H,2-4,13,16H2,1H3,(H,33,35)/t23-,24-/m1/s1. The zero-order chi connectivity index (χ0) is 26.4. The number of alkyl halides is 3. The first-order valence-corrected chi connectivity index (χ1v) is 11.9. The maximum Gasteiger partial charge on any atom is 0.573 e. The lowest BCUT2D eigenvalue weighted by molar-refractivity contribution is -0.274. The molecule has 37 heavy (non-hydrogen) atoms. The van der Waals surface area contributed by atoms with Crippen LogP contribution < -0.4 is 10.1 Å². The minimum absolute atomic E-state index is 0.0770. The zero-order valence-electron chi connectivity index (χ0n) is 20.2. The molecule has 10 heteroatoms. The number of carbonyl (C=O) groups excluding carboxylic acids is 2. The molecule has 3 aromatic rings. The Bertz CT molecular complexity index is 1200. The number of aromatic nitrogens is 2. The molecule has 0 saturated heterocycles. The normalized spacial score (nSPS) is 17.3. The highest BCUT2D eigenvalue weighted by Crippen LogP contribution is 2.34. The highest BCUT2D eigenvalue weighted by Gasteiger charge is 2.39. The second kappa shape index (κ2) is 11.4. The van der Waals surface area contributed by atoms with Crippen molar-refractivity contribution in [1.82, 2.24) is 20.2 Å². The van der Waals surface area contributed by atoms with Gasteiger partial charge in [0, 0.05) is 49.9 Å². The first-order chi connectivity index (χ1) is 17.7. The molecule has 194 valence electrons. The van der Waals surface area contributed by atoms with Gasteiger partial charge in [-0.1, -0.05) is 42.8 Å². The third-order valence-corrected chi connectivity index (χ3v) is 6.44. The van der Waals surface area contributed by atoms with Crippen molar-refractivity contribution in [1.29, 1.82) is 0 Å². The van der Waals surface area contributed by atoms with Crippen LogP contribution in [0.25, 0.3) is 11.1 Å². The topological polar surface area (TPSA) is 84.4 Å². The number of carbonyl (C=O) groups is 2. The summed E-state index contributed by atoms with van der Waals surface area (Å²) in [6.45, 7) is 0.568. The molecule has 4 rings (SSSR count). The van der Waals surface area contributed by atoms with Crippen LogP contribution in [0, 0.1) is 11.8 Å². The molecule has 1 saturated carbocycles. The van der Waals surface area contributed by atoms with E-state index in [1.807, 2.05) is 24.3 Å². The predicted octanol–water partition coefficient (Wildman–Crippen LogP) is 4.73. The van der Waals surface area contributed by atoms with E-state index in [0.29, 0.717) is 24.9 Å². The van der Waals surface area contributed by atoms with Crippen LogP contribution in [-0.2, 0) is 22.7 Å². The van der Waals surface area contributed by atoms with E-state index in [0.717, 1.165) is 23.1 Å². The molecular formula is C27H27F3N4O3. The van der Waals surface area contributed by atoms with Crippen LogP contribution in [0.5, 0.6) is 5.75 Å². The van der Waals surface area contributed by atoms with E-state index in [9.17, 15) is 22.8 Å². The summed E-state index contributed by atoms with van der Waals surface area (Å²) in [5, 5.41) is 2.82. The molecule has 7 nitrogen and oxygen atoms in total. The van der Waals surface area contributed by atoms with Gasteiger partial charge in [0.1, 0.15) is 12.1 Å².